The van der Waals surface area contributed by atoms with Crippen molar-refractivity contribution in [3.63, 3.8) is 0 Å². The van der Waals surface area contributed by atoms with Gasteiger partial charge in [0.1, 0.15) is 0 Å². The van der Waals surface area contributed by atoms with Crippen LogP contribution in [0.15, 0.2) is 16.8 Å². The van der Waals surface area contributed by atoms with Gasteiger partial charge in [0, 0.05) is 15.5 Å². The van der Waals surface area contributed by atoms with Crippen molar-refractivity contribution in [1.82, 2.24) is 0 Å². The molecule has 0 saturated heterocycles. The van der Waals surface area contributed by atoms with E-state index < -0.39 is 0 Å². The molecule has 0 bridgehead atoms. The fourth-order valence-corrected chi connectivity index (χ4v) is 2.57. The van der Waals surface area contributed by atoms with Gasteiger partial charge in [-0.05, 0) is 11.4 Å². The van der Waals surface area contributed by atoms with Gasteiger partial charge in [-0.1, -0.05) is 0 Å². The Kier molecular flexibility index (Phi) is 1.00. The van der Waals surface area contributed by atoms with Gasteiger partial charge in [0.05, 0.1) is 5.00 Å². The number of rotatable bonds is 0. The van der Waals surface area contributed by atoms with E-state index in [1.165, 1.54) is 10.1 Å². The van der Waals surface area contributed by atoms with Crippen LogP contribution < -0.4 is 5.73 Å². The molecule has 2 rings (SSSR count). The molecular formula is C6H5NS2. The molecule has 2 aromatic rings. The van der Waals surface area contributed by atoms with Crippen molar-refractivity contribution in [1.29, 1.82) is 0 Å². The van der Waals surface area contributed by atoms with Crippen LogP contribution in [-0.4, -0.2) is 0 Å². The molecule has 0 aliphatic rings. The van der Waals surface area contributed by atoms with Gasteiger partial charge >= 0.3 is 0 Å². The van der Waals surface area contributed by atoms with Gasteiger partial charge in [-0.3, -0.25) is 0 Å². The van der Waals surface area contributed by atoms with Crippen LogP contribution in [0.4, 0.5) is 5.00 Å². The molecule has 0 spiro atoms. The first-order chi connectivity index (χ1) is 4.36. The first-order valence-electron chi connectivity index (χ1n) is 2.57. The number of hydrogen-bond acceptors (Lipinski definition) is 3. The molecule has 0 fully saturated rings. The minimum absolute atomic E-state index is 0.910. The minimum Gasteiger partial charge on any atom is -0.391 e. The Labute approximate surface area is 60.7 Å². The summed E-state index contributed by atoms with van der Waals surface area (Å²) in [4.78, 5) is 0. The lowest BCUT2D eigenvalue weighted by molar-refractivity contribution is 2.01. The van der Waals surface area contributed by atoms with Crippen LogP contribution in [0.25, 0.3) is 10.1 Å². The Hall–Kier alpha value is -0.540. The number of nitrogen functional groups attached to an aromatic ring is 1. The largest absolute Gasteiger partial charge is 0.391 e. The highest BCUT2D eigenvalue weighted by Crippen LogP contribution is 2.29. The summed E-state index contributed by atoms with van der Waals surface area (Å²) in [5.41, 5.74) is 5.56. The van der Waals surface area contributed by atoms with Crippen molar-refractivity contribution in [2.24, 2.45) is 0 Å². The van der Waals surface area contributed by atoms with Crippen molar-refractivity contribution >= 4 is 37.8 Å². The normalized spacial score (nSPS) is 10.7. The van der Waals surface area contributed by atoms with Crippen LogP contribution in [0, 0.1) is 0 Å². The molecule has 1 nitrogen and oxygen atoms in total. The van der Waals surface area contributed by atoms with Gasteiger partial charge < -0.3 is 5.73 Å². The summed E-state index contributed by atoms with van der Waals surface area (Å²) in [6, 6.07) is 2.01. The summed E-state index contributed by atoms with van der Waals surface area (Å²) in [6.45, 7) is 0. The van der Waals surface area contributed by atoms with E-state index in [9.17, 15) is 0 Å². The van der Waals surface area contributed by atoms with Crippen molar-refractivity contribution in [2.75, 3.05) is 5.73 Å². The van der Waals surface area contributed by atoms with E-state index in [1.807, 2.05) is 6.07 Å². The Bertz CT molecular complexity index is 292. The highest BCUT2D eigenvalue weighted by Gasteiger charge is 1.96. The first kappa shape index (κ1) is 5.26. The van der Waals surface area contributed by atoms with E-state index in [4.69, 9.17) is 5.73 Å². The highest BCUT2D eigenvalue weighted by atomic mass is 32.1. The van der Waals surface area contributed by atoms with Gasteiger partial charge in [0.15, 0.2) is 0 Å². The quantitative estimate of drug-likeness (QED) is 0.621. The van der Waals surface area contributed by atoms with Crippen LogP contribution in [0.3, 0.4) is 0 Å². The van der Waals surface area contributed by atoms with Crippen molar-refractivity contribution in [2.45, 2.75) is 0 Å². The maximum Gasteiger partial charge on any atom is 0.0869 e. The average Bonchev–Trinajstić information content (AvgIpc) is 2.22. The van der Waals surface area contributed by atoms with Gasteiger partial charge in [-0.2, -0.15) is 11.3 Å². The van der Waals surface area contributed by atoms with Crippen LogP contribution in [0.2, 0.25) is 0 Å². The standard InChI is InChI=1S/C6H5NS2/c7-6-1-4-2-8-3-5(4)9-6/h1-3H,7H2. The van der Waals surface area contributed by atoms with Gasteiger partial charge in [0.2, 0.25) is 0 Å². The molecule has 2 heterocycles. The summed E-state index contributed by atoms with van der Waals surface area (Å²) in [7, 11) is 0. The lowest BCUT2D eigenvalue weighted by atomic mass is 10.4. The van der Waals surface area contributed by atoms with Crippen molar-refractivity contribution in [3.05, 3.63) is 16.8 Å². The molecule has 0 aliphatic carbocycles. The molecule has 0 saturated carbocycles. The Morgan fingerprint density at radius 2 is 2.22 bits per heavy atom. The van der Waals surface area contributed by atoms with Gasteiger partial charge in [-0.15, -0.1) is 11.3 Å². The molecule has 3 heteroatoms. The summed E-state index contributed by atoms with van der Waals surface area (Å²) >= 11 is 3.37. The van der Waals surface area contributed by atoms with Crippen molar-refractivity contribution < 1.29 is 0 Å². The summed E-state index contributed by atoms with van der Waals surface area (Å²) in [6.07, 6.45) is 0. The van der Waals surface area contributed by atoms with Crippen LogP contribution in [0.5, 0.6) is 0 Å². The highest BCUT2D eigenvalue weighted by molar-refractivity contribution is 7.25. The molecule has 0 aromatic carbocycles. The lowest BCUT2D eigenvalue weighted by Crippen LogP contribution is -1.72. The lowest BCUT2D eigenvalue weighted by Gasteiger charge is -1.71. The zero-order chi connectivity index (χ0) is 6.27. The molecule has 0 amide bonds. The second-order valence-corrected chi connectivity index (χ2v) is 3.70. The third kappa shape index (κ3) is 0.730. The van der Waals surface area contributed by atoms with Gasteiger partial charge in [-0.25, -0.2) is 0 Å². The van der Waals surface area contributed by atoms with Crippen LogP contribution >= 0.6 is 22.7 Å². The molecule has 0 atom stereocenters. The fourth-order valence-electron chi connectivity index (χ4n) is 0.793. The second-order valence-electron chi connectivity index (χ2n) is 1.84. The Morgan fingerprint density at radius 1 is 1.33 bits per heavy atom. The van der Waals surface area contributed by atoms with Crippen LogP contribution in [0.1, 0.15) is 0 Å². The van der Waals surface area contributed by atoms with Crippen LogP contribution in [-0.2, 0) is 0 Å². The minimum atomic E-state index is 0.910. The molecular weight excluding hydrogens is 150 g/mol. The topological polar surface area (TPSA) is 26.0 Å². The van der Waals surface area contributed by atoms with Crippen molar-refractivity contribution in [3.8, 4) is 0 Å². The average molecular weight is 155 g/mol. The maximum absolute atomic E-state index is 5.56. The summed E-state index contributed by atoms with van der Waals surface area (Å²) in [5.74, 6) is 0. The van der Waals surface area contributed by atoms with E-state index in [1.54, 1.807) is 22.7 Å². The molecule has 9 heavy (non-hydrogen) atoms. The smallest absolute Gasteiger partial charge is 0.0869 e. The predicted octanol–water partition coefficient (Wildman–Crippen LogP) is 2.55. The number of nitrogens with two attached hydrogens (primary N) is 1. The van der Waals surface area contributed by atoms with E-state index in [2.05, 4.69) is 10.8 Å². The molecule has 46 valence electrons. The Morgan fingerprint density at radius 3 is 3.00 bits per heavy atom. The zero-order valence-electron chi connectivity index (χ0n) is 4.63. The first-order valence-corrected chi connectivity index (χ1v) is 4.33. The van der Waals surface area contributed by atoms with E-state index >= 15 is 0 Å². The van der Waals surface area contributed by atoms with E-state index in [0.29, 0.717) is 0 Å². The number of hydrogen-bond donors (Lipinski definition) is 1. The Balaban J connectivity index is 2.92. The van der Waals surface area contributed by atoms with E-state index in [0.717, 1.165) is 5.00 Å². The fraction of sp³-hybridized carbons (Fsp3) is 0. The number of fused-ring (bicyclic) bond motifs is 1. The predicted molar refractivity (Wildman–Crippen MR) is 44.1 cm³/mol. The number of thiophene rings is 2. The maximum atomic E-state index is 5.56. The SMILES string of the molecule is Nc1cc2cscc2s1. The summed E-state index contributed by atoms with van der Waals surface area (Å²) < 4.78 is 1.30. The molecule has 2 aromatic heterocycles. The monoisotopic (exact) mass is 155 g/mol. The molecule has 0 radical (unpaired) electrons. The third-order valence-electron chi connectivity index (χ3n) is 1.18. The molecule has 0 unspecified atom stereocenters. The molecule has 0 aliphatic heterocycles. The number of anilines is 1. The summed E-state index contributed by atoms with van der Waals surface area (Å²) in [5, 5.41) is 6.42. The molecule has 2 N–H and O–H groups in total. The zero-order valence-corrected chi connectivity index (χ0v) is 6.26. The van der Waals surface area contributed by atoms with E-state index in [-0.39, 0.29) is 0 Å². The third-order valence-corrected chi connectivity index (χ3v) is 3.02. The second kappa shape index (κ2) is 1.72. The van der Waals surface area contributed by atoms with Gasteiger partial charge in [0.25, 0.3) is 0 Å².